The summed E-state index contributed by atoms with van der Waals surface area (Å²) < 4.78 is 11.7. The van der Waals surface area contributed by atoms with Gasteiger partial charge in [-0.25, -0.2) is 0 Å². The van der Waals surface area contributed by atoms with Crippen LogP contribution in [0, 0.1) is 5.92 Å². The van der Waals surface area contributed by atoms with Gasteiger partial charge in [0.05, 0.1) is 25.4 Å². The van der Waals surface area contributed by atoms with Crippen LogP contribution >= 0.6 is 0 Å². The fraction of sp³-hybridized carbons (Fsp3) is 0.667. The Morgan fingerprint density at radius 1 is 1.19 bits per heavy atom. The Kier molecular flexibility index (Phi) is 4.51. The molecule has 1 saturated carbocycles. The molecule has 2 N–H and O–H groups in total. The molecule has 116 valence electrons. The molecule has 2 aliphatic carbocycles. The summed E-state index contributed by atoms with van der Waals surface area (Å²) in [5, 5.41) is 0. The molecule has 21 heavy (non-hydrogen) atoms. The van der Waals surface area contributed by atoms with E-state index in [0.717, 1.165) is 24.5 Å². The summed E-state index contributed by atoms with van der Waals surface area (Å²) >= 11 is 0. The van der Waals surface area contributed by atoms with Crippen molar-refractivity contribution < 1.29 is 9.47 Å². The van der Waals surface area contributed by atoms with Crippen molar-refractivity contribution in [2.24, 2.45) is 11.7 Å². The van der Waals surface area contributed by atoms with Gasteiger partial charge >= 0.3 is 0 Å². The molecule has 4 unspecified atom stereocenters. The fourth-order valence-corrected chi connectivity index (χ4v) is 3.83. The molecule has 2 aliphatic rings. The topological polar surface area (TPSA) is 44.5 Å². The highest BCUT2D eigenvalue weighted by Crippen LogP contribution is 2.35. The first kappa shape index (κ1) is 14.9. The summed E-state index contributed by atoms with van der Waals surface area (Å²) in [7, 11) is 1.71. The second-order valence-electron chi connectivity index (χ2n) is 6.70. The van der Waals surface area contributed by atoms with Gasteiger partial charge in [-0.2, -0.15) is 0 Å². The van der Waals surface area contributed by atoms with Crippen LogP contribution in [0.2, 0.25) is 0 Å². The SMILES string of the molecule is COc1ccc2c(c1)CCC(OC1CCCC(C)C1)C2N. The molecule has 0 aromatic heterocycles. The molecule has 4 atom stereocenters. The van der Waals surface area contributed by atoms with Crippen LogP contribution in [0.4, 0.5) is 0 Å². The zero-order valence-corrected chi connectivity index (χ0v) is 13.2. The number of ether oxygens (including phenoxy) is 2. The van der Waals surface area contributed by atoms with Gasteiger partial charge in [-0.05, 0) is 54.9 Å². The highest BCUT2D eigenvalue weighted by atomic mass is 16.5. The van der Waals surface area contributed by atoms with E-state index in [-0.39, 0.29) is 12.1 Å². The van der Waals surface area contributed by atoms with Crippen LogP contribution in [0.3, 0.4) is 0 Å². The van der Waals surface area contributed by atoms with E-state index >= 15 is 0 Å². The van der Waals surface area contributed by atoms with Crippen LogP contribution < -0.4 is 10.5 Å². The van der Waals surface area contributed by atoms with E-state index in [1.54, 1.807) is 7.11 Å². The summed E-state index contributed by atoms with van der Waals surface area (Å²) in [6.45, 7) is 2.33. The van der Waals surface area contributed by atoms with Gasteiger partial charge in [0.1, 0.15) is 5.75 Å². The fourth-order valence-electron chi connectivity index (χ4n) is 3.83. The average molecular weight is 289 g/mol. The van der Waals surface area contributed by atoms with Gasteiger partial charge in [0.15, 0.2) is 0 Å². The van der Waals surface area contributed by atoms with Crippen molar-refractivity contribution in [1.82, 2.24) is 0 Å². The molecule has 3 heteroatoms. The van der Waals surface area contributed by atoms with E-state index in [4.69, 9.17) is 15.2 Å². The van der Waals surface area contributed by atoms with Crippen molar-refractivity contribution in [3.8, 4) is 5.75 Å². The predicted octanol–water partition coefficient (Wildman–Crippen LogP) is 3.61. The second-order valence-corrected chi connectivity index (χ2v) is 6.70. The molecule has 0 bridgehead atoms. The summed E-state index contributed by atoms with van der Waals surface area (Å²) in [5.41, 5.74) is 9.02. The van der Waals surface area contributed by atoms with Gasteiger partial charge in [-0.1, -0.05) is 25.8 Å². The summed E-state index contributed by atoms with van der Waals surface area (Å²) in [4.78, 5) is 0. The number of benzene rings is 1. The lowest BCUT2D eigenvalue weighted by atomic mass is 9.84. The molecule has 3 nitrogen and oxygen atoms in total. The maximum Gasteiger partial charge on any atom is 0.119 e. The van der Waals surface area contributed by atoms with E-state index in [9.17, 15) is 0 Å². The maximum absolute atomic E-state index is 6.47. The largest absolute Gasteiger partial charge is 0.497 e. The van der Waals surface area contributed by atoms with E-state index < -0.39 is 0 Å². The standard InChI is InChI=1S/C18H27NO2/c1-12-4-3-5-15(10-12)21-17-9-6-13-11-14(20-2)7-8-16(13)18(17)19/h7-8,11-12,15,17-18H,3-6,9-10,19H2,1-2H3. The van der Waals surface area contributed by atoms with Crippen LogP contribution in [-0.4, -0.2) is 19.3 Å². The normalized spacial score (nSPS) is 32.5. The van der Waals surface area contributed by atoms with Gasteiger partial charge < -0.3 is 15.2 Å². The zero-order valence-electron chi connectivity index (χ0n) is 13.2. The summed E-state index contributed by atoms with van der Waals surface area (Å²) in [6, 6.07) is 6.23. The first-order valence-corrected chi connectivity index (χ1v) is 8.25. The Morgan fingerprint density at radius 2 is 2.05 bits per heavy atom. The Morgan fingerprint density at radius 3 is 2.81 bits per heavy atom. The predicted molar refractivity (Wildman–Crippen MR) is 84.5 cm³/mol. The number of methoxy groups -OCH3 is 1. The van der Waals surface area contributed by atoms with Crippen molar-refractivity contribution in [3.63, 3.8) is 0 Å². The Bertz CT molecular complexity index is 488. The Labute approximate surface area is 127 Å². The number of fused-ring (bicyclic) bond motifs is 1. The minimum absolute atomic E-state index is 0.00288. The van der Waals surface area contributed by atoms with E-state index in [1.807, 2.05) is 6.07 Å². The highest BCUT2D eigenvalue weighted by molar-refractivity contribution is 5.39. The van der Waals surface area contributed by atoms with Gasteiger partial charge in [0.2, 0.25) is 0 Å². The quantitative estimate of drug-likeness (QED) is 0.924. The first-order chi connectivity index (χ1) is 10.2. The second kappa shape index (κ2) is 6.37. The lowest BCUT2D eigenvalue weighted by molar-refractivity contribution is -0.0557. The van der Waals surface area contributed by atoms with Gasteiger partial charge in [-0.15, -0.1) is 0 Å². The average Bonchev–Trinajstić information content (AvgIpc) is 2.50. The van der Waals surface area contributed by atoms with Gasteiger partial charge in [0.25, 0.3) is 0 Å². The van der Waals surface area contributed by atoms with E-state index in [2.05, 4.69) is 19.1 Å². The van der Waals surface area contributed by atoms with Crippen molar-refractivity contribution >= 4 is 0 Å². The molecule has 0 saturated heterocycles. The Hall–Kier alpha value is -1.06. The lowest BCUT2D eigenvalue weighted by Crippen LogP contribution is -2.37. The summed E-state index contributed by atoms with van der Waals surface area (Å²) in [6.07, 6.45) is 7.66. The zero-order chi connectivity index (χ0) is 14.8. The van der Waals surface area contributed by atoms with Gasteiger partial charge in [-0.3, -0.25) is 0 Å². The first-order valence-electron chi connectivity index (χ1n) is 8.25. The van der Waals surface area contributed by atoms with E-state index in [0.29, 0.717) is 6.10 Å². The lowest BCUT2D eigenvalue weighted by Gasteiger charge is -2.36. The monoisotopic (exact) mass is 289 g/mol. The van der Waals surface area contributed by atoms with Crippen LogP contribution in [0.5, 0.6) is 5.75 Å². The molecule has 0 amide bonds. The van der Waals surface area contributed by atoms with Crippen molar-refractivity contribution in [3.05, 3.63) is 29.3 Å². The number of aryl methyl sites for hydroxylation is 1. The highest BCUT2D eigenvalue weighted by Gasteiger charge is 2.31. The van der Waals surface area contributed by atoms with Crippen molar-refractivity contribution in [1.29, 1.82) is 0 Å². The molecular formula is C18H27NO2. The number of hydrogen-bond acceptors (Lipinski definition) is 3. The molecule has 0 heterocycles. The van der Waals surface area contributed by atoms with Crippen LogP contribution in [0.1, 0.15) is 56.2 Å². The molecule has 1 aromatic carbocycles. The molecule has 3 rings (SSSR count). The van der Waals surface area contributed by atoms with Crippen molar-refractivity contribution in [2.45, 2.75) is 63.7 Å². The Balaban J connectivity index is 1.68. The smallest absolute Gasteiger partial charge is 0.119 e. The maximum atomic E-state index is 6.47. The number of rotatable bonds is 3. The molecule has 0 spiro atoms. The molecule has 1 aromatic rings. The molecule has 0 radical (unpaired) electrons. The van der Waals surface area contributed by atoms with Gasteiger partial charge in [0, 0.05) is 0 Å². The third-order valence-electron chi connectivity index (χ3n) is 5.06. The third-order valence-corrected chi connectivity index (χ3v) is 5.06. The summed E-state index contributed by atoms with van der Waals surface area (Å²) in [5.74, 6) is 1.71. The van der Waals surface area contributed by atoms with E-state index in [1.165, 1.54) is 36.8 Å². The number of nitrogens with two attached hydrogens (primary N) is 1. The molecule has 1 fully saturated rings. The number of hydrogen-bond donors (Lipinski definition) is 1. The minimum Gasteiger partial charge on any atom is -0.497 e. The molecular weight excluding hydrogens is 262 g/mol. The molecule has 0 aliphatic heterocycles. The van der Waals surface area contributed by atoms with Crippen LogP contribution in [0.25, 0.3) is 0 Å². The minimum atomic E-state index is -0.00288. The third kappa shape index (κ3) is 3.24. The van der Waals surface area contributed by atoms with Crippen LogP contribution in [-0.2, 0) is 11.2 Å². The van der Waals surface area contributed by atoms with Crippen molar-refractivity contribution in [2.75, 3.05) is 7.11 Å². The van der Waals surface area contributed by atoms with Crippen LogP contribution in [0.15, 0.2) is 18.2 Å².